The van der Waals surface area contributed by atoms with Gasteiger partial charge in [-0.2, -0.15) is 0 Å². The number of primary amides is 1. The van der Waals surface area contributed by atoms with Crippen LogP contribution in [0.15, 0.2) is 37.4 Å². The van der Waals surface area contributed by atoms with Crippen molar-refractivity contribution in [1.29, 1.82) is 0 Å². The smallest absolute Gasteiger partial charge is 0.241 e. The van der Waals surface area contributed by atoms with Gasteiger partial charge < -0.3 is 16.8 Å². The number of nitrogens with two attached hydrogens (primary N) is 2. The van der Waals surface area contributed by atoms with E-state index in [1.54, 1.807) is 6.92 Å². The molecule has 0 heterocycles. The van der Waals surface area contributed by atoms with E-state index in [4.69, 9.17) is 11.5 Å². The molecule has 2 unspecified atom stereocenters. The first kappa shape index (κ1) is 22.4. The number of carbonyl (C=O) groups excluding carboxylic acids is 2. The van der Waals surface area contributed by atoms with Crippen LogP contribution < -0.4 is 16.8 Å². The van der Waals surface area contributed by atoms with Gasteiger partial charge in [-0.3, -0.25) is 9.59 Å². The molecule has 0 saturated heterocycles. The summed E-state index contributed by atoms with van der Waals surface area (Å²) in [5, 5.41) is 2.20. The molecule has 5 heteroatoms. The van der Waals surface area contributed by atoms with Crippen LogP contribution >= 0.6 is 0 Å². The summed E-state index contributed by atoms with van der Waals surface area (Å²) >= 11 is 0. The monoisotopic (exact) mass is 343 g/mol. The van der Waals surface area contributed by atoms with Crippen LogP contribution in [-0.4, -0.2) is 24.4 Å². The first-order valence-corrected chi connectivity index (χ1v) is 8.27. The molecular weight excluding hydrogens is 314 g/mol. The summed E-state index contributed by atoms with van der Waals surface area (Å²) in [6, 6.07) is 7.21. The lowest BCUT2D eigenvalue weighted by Gasteiger charge is -2.18. The zero-order chi connectivity index (χ0) is 19.2. The fraction of sp³-hybridized carbons (Fsp3) is 0.400. The van der Waals surface area contributed by atoms with E-state index in [2.05, 4.69) is 61.5 Å². The standard InChI is InChI=1S/C13H14.C5H11N3O2.C2H4/c1-11-5-7-13(8-6-11)10-9-12-3-2-4-12;1-3(6)4(5(7)10)8-2-9;1-2/h5-8,12H,2-4H2,1H3;2-4H,6H2,1H3,(H2,7,10)(H,8,9);1-2H2. The average molecular weight is 343 g/mol. The van der Waals surface area contributed by atoms with Gasteiger partial charge in [0.05, 0.1) is 0 Å². The maximum atomic E-state index is 10.5. The number of amides is 2. The Morgan fingerprint density at radius 1 is 1.32 bits per heavy atom. The van der Waals surface area contributed by atoms with Crippen LogP contribution in [-0.2, 0) is 9.59 Å². The molecule has 5 nitrogen and oxygen atoms in total. The van der Waals surface area contributed by atoms with Crippen molar-refractivity contribution < 1.29 is 9.59 Å². The Bertz CT molecular complexity index is 581. The number of carbonyl (C=O) groups is 2. The van der Waals surface area contributed by atoms with Crippen molar-refractivity contribution in [3.8, 4) is 11.8 Å². The van der Waals surface area contributed by atoms with E-state index in [0.717, 1.165) is 5.56 Å². The average Bonchev–Trinajstić information content (AvgIpc) is 2.55. The normalized spacial score (nSPS) is 14.5. The van der Waals surface area contributed by atoms with Crippen LogP contribution in [0.5, 0.6) is 0 Å². The highest BCUT2D eigenvalue weighted by molar-refractivity contribution is 5.82. The molecule has 2 atom stereocenters. The lowest BCUT2D eigenvalue weighted by Crippen LogP contribution is -2.51. The molecule has 0 aromatic heterocycles. The molecule has 0 radical (unpaired) electrons. The van der Waals surface area contributed by atoms with Crippen molar-refractivity contribution in [1.82, 2.24) is 5.32 Å². The van der Waals surface area contributed by atoms with Gasteiger partial charge in [0, 0.05) is 17.5 Å². The zero-order valence-corrected chi connectivity index (χ0v) is 15.1. The minimum Gasteiger partial charge on any atom is -0.368 e. The summed E-state index contributed by atoms with van der Waals surface area (Å²) in [5.41, 5.74) is 12.6. The quantitative estimate of drug-likeness (QED) is 0.442. The van der Waals surface area contributed by atoms with Crippen LogP contribution in [0.25, 0.3) is 0 Å². The number of hydrogen-bond acceptors (Lipinski definition) is 3. The van der Waals surface area contributed by atoms with Crippen molar-refractivity contribution in [2.75, 3.05) is 0 Å². The largest absolute Gasteiger partial charge is 0.368 e. The molecule has 2 amide bonds. The van der Waals surface area contributed by atoms with Crippen molar-refractivity contribution in [3.05, 3.63) is 48.6 Å². The van der Waals surface area contributed by atoms with E-state index in [-0.39, 0.29) is 0 Å². The molecule has 1 aliphatic rings. The molecule has 5 N–H and O–H groups in total. The van der Waals surface area contributed by atoms with Gasteiger partial charge in [0.15, 0.2) is 0 Å². The Kier molecular flexibility index (Phi) is 11.5. The van der Waals surface area contributed by atoms with Crippen LogP contribution in [0.1, 0.15) is 37.3 Å². The molecule has 0 aliphatic heterocycles. The number of aryl methyl sites for hydroxylation is 1. The van der Waals surface area contributed by atoms with Gasteiger partial charge in [0.25, 0.3) is 0 Å². The maximum absolute atomic E-state index is 10.5. The Balaban J connectivity index is 0.000000434. The third kappa shape index (κ3) is 9.33. The summed E-state index contributed by atoms with van der Waals surface area (Å²) in [6.45, 7) is 9.69. The molecule has 1 fully saturated rings. The van der Waals surface area contributed by atoms with E-state index in [0.29, 0.717) is 12.3 Å². The minimum absolute atomic E-state index is 0.402. The van der Waals surface area contributed by atoms with Crippen LogP contribution in [0.4, 0.5) is 0 Å². The van der Waals surface area contributed by atoms with E-state index < -0.39 is 18.0 Å². The molecule has 1 aromatic rings. The van der Waals surface area contributed by atoms with Crippen molar-refractivity contribution >= 4 is 12.3 Å². The first-order valence-electron chi connectivity index (χ1n) is 8.27. The first-order chi connectivity index (χ1) is 11.9. The SMILES string of the molecule is C=C.CC(N)C(NC=O)C(N)=O.Cc1ccc(C#CC2CCC2)cc1. The highest BCUT2D eigenvalue weighted by Gasteiger charge is 2.17. The van der Waals surface area contributed by atoms with Gasteiger partial charge in [0.2, 0.25) is 12.3 Å². The molecule has 1 saturated carbocycles. The van der Waals surface area contributed by atoms with E-state index in [1.807, 2.05) is 0 Å². The molecule has 1 aromatic carbocycles. The second-order valence-corrected chi connectivity index (χ2v) is 5.79. The van der Waals surface area contributed by atoms with Gasteiger partial charge in [0.1, 0.15) is 6.04 Å². The zero-order valence-electron chi connectivity index (χ0n) is 15.1. The predicted octanol–water partition coefficient (Wildman–Crippen LogP) is 1.88. The Hall–Kier alpha value is -2.58. The Morgan fingerprint density at radius 2 is 1.88 bits per heavy atom. The third-order valence-electron chi connectivity index (χ3n) is 3.66. The van der Waals surface area contributed by atoms with Crippen LogP contribution in [0.2, 0.25) is 0 Å². The van der Waals surface area contributed by atoms with Crippen molar-refractivity contribution in [3.63, 3.8) is 0 Å². The molecule has 1 aliphatic carbocycles. The van der Waals surface area contributed by atoms with Crippen LogP contribution in [0, 0.1) is 24.7 Å². The highest BCUT2D eigenvalue weighted by atomic mass is 16.2. The molecule has 136 valence electrons. The summed E-state index contributed by atoms with van der Waals surface area (Å²) in [4.78, 5) is 20.3. The van der Waals surface area contributed by atoms with Crippen LogP contribution in [0.3, 0.4) is 0 Å². The lowest BCUT2D eigenvalue weighted by molar-refractivity contribution is -0.123. The second kappa shape index (κ2) is 12.8. The number of benzene rings is 1. The van der Waals surface area contributed by atoms with E-state index >= 15 is 0 Å². The van der Waals surface area contributed by atoms with E-state index in [9.17, 15) is 9.59 Å². The summed E-state index contributed by atoms with van der Waals surface area (Å²) in [6.07, 6.45) is 4.38. The fourth-order valence-corrected chi connectivity index (χ4v) is 1.94. The molecule has 0 bridgehead atoms. The predicted molar refractivity (Wildman–Crippen MR) is 102 cm³/mol. The van der Waals surface area contributed by atoms with Gasteiger partial charge in [-0.15, -0.1) is 13.2 Å². The topological polar surface area (TPSA) is 98.2 Å². The highest BCUT2D eigenvalue weighted by Crippen LogP contribution is 2.25. The Labute approximate surface area is 150 Å². The van der Waals surface area contributed by atoms with E-state index in [1.165, 1.54) is 24.8 Å². The summed E-state index contributed by atoms with van der Waals surface area (Å²) < 4.78 is 0. The van der Waals surface area contributed by atoms with Gasteiger partial charge >= 0.3 is 0 Å². The molecule has 2 rings (SSSR count). The number of rotatable bonds is 4. The van der Waals surface area contributed by atoms with Gasteiger partial charge in [-0.1, -0.05) is 36.0 Å². The van der Waals surface area contributed by atoms with Gasteiger partial charge in [-0.25, -0.2) is 0 Å². The van der Waals surface area contributed by atoms with Crippen molar-refractivity contribution in [2.45, 2.75) is 45.2 Å². The molecule has 25 heavy (non-hydrogen) atoms. The summed E-state index contributed by atoms with van der Waals surface area (Å²) in [7, 11) is 0. The maximum Gasteiger partial charge on any atom is 0.241 e. The van der Waals surface area contributed by atoms with Crippen molar-refractivity contribution in [2.24, 2.45) is 17.4 Å². The van der Waals surface area contributed by atoms with Gasteiger partial charge in [-0.05, 0) is 38.8 Å². The molecule has 0 spiro atoms. The number of hydrogen-bond donors (Lipinski definition) is 3. The summed E-state index contributed by atoms with van der Waals surface area (Å²) in [5.74, 6) is 6.59. The number of nitrogens with one attached hydrogen (secondary N) is 1. The third-order valence-corrected chi connectivity index (χ3v) is 3.66. The Morgan fingerprint density at radius 3 is 2.20 bits per heavy atom. The second-order valence-electron chi connectivity index (χ2n) is 5.79. The molecular formula is C20H29N3O2. The fourth-order valence-electron chi connectivity index (χ4n) is 1.94. The minimum atomic E-state index is -0.766. The lowest BCUT2D eigenvalue weighted by atomic mass is 9.86.